The highest BCUT2D eigenvalue weighted by molar-refractivity contribution is 6.52. The Morgan fingerprint density at radius 2 is 1.82 bits per heavy atom. The number of nitro benzene ring substituents is 1. The summed E-state index contributed by atoms with van der Waals surface area (Å²) in [6, 6.07) is 20.4. The number of hydrogen-bond donors (Lipinski definition) is 0. The smallest absolute Gasteiger partial charge is 0.301 e. The van der Waals surface area contributed by atoms with E-state index in [1.165, 1.54) is 17.0 Å². The van der Waals surface area contributed by atoms with E-state index in [1.807, 2.05) is 30.3 Å². The zero-order chi connectivity index (χ0) is 23.8. The van der Waals surface area contributed by atoms with E-state index in [-0.39, 0.29) is 18.4 Å². The Bertz CT molecular complexity index is 1340. The topological polar surface area (TPSA) is 105 Å². The number of amides is 1. The average molecular weight is 456 g/mol. The molecule has 9 heteroatoms. The summed E-state index contributed by atoms with van der Waals surface area (Å²) in [4.78, 5) is 37.5. The third-order valence-corrected chi connectivity index (χ3v) is 6.05. The first-order valence-corrected chi connectivity index (χ1v) is 10.6. The first-order chi connectivity index (χ1) is 16.5. The van der Waals surface area contributed by atoms with Gasteiger partial charge in [-0.1, -0.05) is 24.3 Å². The lowest BCUT2D eigenvalue weighted by molar-refractivity contribution is -0.385. The van der Waals surface area contributed by atoms with Crippen molar-refractivity contribution >= 4 is 28.8 Å². The fourth-order valence-corrected chi connectivity index (χ4v) is 4.31. The van der Waals surface area contributed by atoms with Gasteiger partial charge in [0.1, 0.15) is 12.4 Å². The third kappa shape index (κ3) is 3.66. The number of hydrogen-bond acceptors (Lipinski definition) is 7. The van der Waals surface area contributed by atoms with Crippen LogP contribution < -0.4 is 9.64 Å². The molecule has 3 aromatic carbocycles. The van der Waals surface area contributed by atoms with E-state index in [9.17, 15) is 19.7 Å². The first-order valence-electron chi connectivity index (χ1n) is 10.6. The molecule has 2 aliphatic rings. The molecule has 9 nitrogen and oxygen atoms in total. The molecule has 0 spiro atoms. The van der Waals surface area contributed by atoms with Crippen molar-refractivity contribution in [3.05, 3.63) is 99.6 Å². The summed E-state index contributed by atoms with van der Waals surface area (Å²) in [5, 5.41) is 17.8. The Morgan fingerprint density at radius 1 is 1.06 bits per heavy atom. The number of carbonyl (C=O) groups is 2. The molecule has 0 radical (unpaired) electrons. The number of ketones is 1. The van der Waals surface area contributed by atoms with Crippen LogP contribution in [0, 0.1) is 10.1 Å². The van der Waals surface area contributed by atoms with Crippen LogP contribution in [-0.2, 0) is 4.79 Å². The van der Waals surface area contributed by atoms with Crippen molar-refractivity contribution in [2.75, 3.05) is 18.7 Å². The molecule has 0 N–H and O–H groups in total. The van der Waals surface area contributed by atoms with E-state index in [0.29, 0.717) is 29.0 Å². The van der Waals surface area contributed by atoms with E-state index in [2.05, 4.69) is 0 Å². The Morgan fingerprint density at radius 3 is 2.56 bits per heavy atom. The molecular weight excluding hydrogens is 436 g/mol. The molecule has 34 heavy (non-hydrogen) atoms. The van der Waals surface area contributed by atoms with E-state index in [0.717, 1.165) is 11.3 Å². The van der Waals surface area contributed by atoms with E-state index in [4.69, 9.17) is 9.84 Å². The minimum Gasteiger partial charge on any atom is -0.497 e. The highest BCUT2D eigenvalue weighted by atomic mass is 16.6. The summed E-state index contributed by atoms with van der Waals surface area (Å²) in [5.41, 5.74) is 3.22. The van der Waals surface area contributed by atoms with E-state index >= 15 is 0 Å². The standard InChI is InChI=1S/C25H20N4O5/c1-34-19-11-9-16(10-12-19)21-14-23(17-5-4-6-18(13-17)29(32)33)28(26-21)15-27-22-8-3-2-7-20(22)24(30)25(27)31/h2-13,23H,14-15H2,1H3/t23-/m1/s1. The first kappa shape index (κ1) is 21.3. The Balaban J connectivity index is 1.52. The summed E-state index contributed by atoms with van der Waals surface area (Å²) >= 11 is 0. The molecule has 0 saturated carbocycles. The molecule has 0 saturated heterocycles. The predicted molar refractivity (Wildman–Crippen MR) is 125 cm³/mol. The number of fused-ring (bicyclic) bond motifs is 1. The number of Topliss-reactive ketones (excluding diaryl/α,β-unsaturated/α-hetero) is 1. The lowest BCUT2D eigenvalue weighted by atomic mass is 9.98. The minimum absolute atomic E-state index is 0.0203. The number of methoxy groups -OCH3 is 1. The monoisotopic (exact) mass is 456 g/mol. The molecule has 2 aliphatic heterocycles. The van der Waals surface area contributed by atoms with Gasteiger partial charge in [0.15, 0.2) is 0 Å². The molecular formula is C25H20N4O5. The fraction of sp³-hybridized carbons (Fsp3) is 0.160. The molecule has 0 unspecified atom stereocenters. The summed E-state index contributed by atoms with van der Waals surface area (Å²) in [6.07, 6.45) is 0.477. The maximum atomic E-state index is 12.8. The van der Waals surface area contributed by atoms with Crippen LogP contribution in [-0.4, -0.2) is 41.1 Å². The van der Waals surface area contributed by atoms with Crippen LogP contribution in [0.15, 0.2) is 77.9 Å². The van der Waals surface area contributed by atoms with Crippen LogP contribution >= 0.6 is 0 Å². The van der Waals surface area contributed by atoms with Crippen molar-refractivity contribution in [3.63, 3.8) is 0 Å². The van der Waals surface area contributed by atoms with E-state index < -0.39 is 16.6 Å². The van der Waals surface area contributed by atoms with Crippen LogP contribution in [0.3, 0.4) is 0 Å². The SMILES string of the molecule is COc1ccc(C2=NN(CN3C(=O)C(=O)c4ccccc43)[C@@H](c3cccc([N+](=O)[O-])c3)C2)cc1. The molecule has 170 valence electrons. The molecule has 0 aliphatic carbocycles. The van der Waals surface area contributed by atoms with Gasteiger partial charge in [-0.2, -0.15) is 5.10 Å². The molecule has 0 aromatic heterocycles. The van der Waals surface area contributed by atoms with Gasteiger partial charge in [-0.05, 0) is 47.5 Å². The van der Waals surface area contributed by atoms with Crippen molar-refractivity contribution in [2.24, 2.45) is 5.10 Å². The highest BCUT2D eigenvalue weighted by Gasteiger charge is 2.39. The number of nitro groups is 1. The lowest BCUT2D eigenvalue weighted by Gasteiger charge is -2.28. The number of nitrogens with zero attached hydrogens (tertiary/aromatic N) is 4. The quantitative estimate of drug-likeness (QED) is 0.316. The number of benzene rings is 3. The van der Waals surface area contributed by atoms with Gasteiger partial charge in [-0.25, -0.2) is 0 Å². The Kier molecular flexibility index (Phi) is 5.29. The second kappa shape index (κ2) is 8.43. The van der Waals surface area contributed by atoms with Crippen molar-refractivity contribution in [2.45, 2.75) is 12.5 Å². The number of anilines is 1. The van der Waals surface area contributed by atoms with E-state index in [1.54, 1.807) is 42.5 Å². The van der Waals surface area contributed by atoms with Crippen molar-refractivity contribution in [1.82, 2.24) is 5.01 Å². The van der Waals surface area contributed by atoms with Gasteiger partial charge in [-0.3, -0.25) is 29.6 Å². The Hall–Kier alpha value is -4.53. The van der Waals surface area contributed by atoms with Crippen molar-refractivity contribution < 1.29 is 19.2 Å². The van der Waals surface area contributed by atoms with Gasteiger partial charge in [-0.15, -0.1) is 0 Å². The van der Waals surface area contributed by atoms with Gasteiger partial charge in [0.2, 0.25) is 0 Å². The van der Waals surface area contributed by atoms with Gasteiger partial charge in [0.05, 0.1) is 35.0 Å². The van der Waals surface area contributed by atoms with Crippen LogP contribution in [0.4, 0.5) is 11.4 Å². The third-order valence-electron chi connectivity index (χ3n) is 6.05. The summed E-state index contributed by atoms with van der Waals surface area (Å²) in [6.45, 7) is 0.0363. The minimum atomic E-state index is -0.618. The molecule has 5 rings (SSSR count). The fourth-order valence-electron chi connectivity index (χ4n) is 4.31. The molecule has 0 bridgehead atoms. The Labute approximate surface area is 195 Å². The molecule has 1 amide bonds. The number of ether oxygens (including phenoxy) is 1. The van der Waals surface area contributed by atoms with Gasteiger partial charge < -0.3 is 4.74 Å². The second-order valence-corrected chi connectivity index (χ2v) is 8.01. The second-order valence-electron chi connectivity index (χ2n) is 8.01. The zero-order valence-corrected chi connectivity index (χ0v) is 18.2. The normalized spacial score (nSPS) is 17.1. The van der Waals surface area contributed by atoms with Crippen LogP contribution in [0.1, 0.15) is 33.9 Å². The van der Waals surface area contributed by atoms with Crippen molar-refractivity contribution in [1.29, 1.82) is 0 Å². The number of rotatable bonds is 6. The molecule has 2 heterocycles. The van der Waals surface area contributed by atoms with Gasteiger partial charge in [0, 0.05) is 18.6 Å². The molecule has 3 aromatic rings. The summed E-state index contributed by atoms with van der Waals surface area (Å²) < 4.78 is 5.23. The lowest BCUT2D eigenvalue weighted by Crippen LogP contribution is -2.39. The van der Waals surface area contributed by atoms with Gasteiger partial charge >= 0.3 is 5.91 Å². The summed E-state index contributed by atoms with van der Waals surface area (Å²) in [7, 11) is 1.59. The number of para-hydroxylation sites is 1. The molecule has 1 atom stereocenters. The van der Waals surface area contributed by atoms with Crippen molar-refractivity contribution in [3.8, 4) is 5.75 Å². The van der Waals surface area contributed by atoms with Crippen LogP contribution in [0.5, 0.6) is 5.75 Å². The largest absolute Gasteiger partial charge is 0.497 e. The zero-order valence-electron chi connectivity index (χ0n) is 18.2. The summed E-state index contributed by atoms with van der Waals surface area (Å²) in [5.74, 6) is -0.458. The molecule has 0 fully saturated rings. The maximum Gasteiger partial charge on any atom is 0.301 e. The van der Waals surface area contributed by atoms with Gasteiger partial charge in [0.25, 0.3) is 11.5 Å². The van der Waals surface area contributed by atoms with Crippen LogP contribution in [0.25, 0.3) is 0 Å². The number of non-ortho nitro benzene ring substituents is 1. The maximum absolute atomic E-state index is 12.8. The number of hydrazone groups is 1. The average Bonchev–Trinajstić information content (AvgIpc) is 3.40. The number of carbonyl (C=O) groups excluding carboxylic acids is 2. The predicted octanol–water partition coefficient (Wildman–Crippen LogP) is 3.94. The highest BCUT2D eigenvalue weighted by Crippen LogP contribution is 2.36. The van der Waals surface area contributed by atoms with Crippen LogP contribution in [0.2, 0.25) is 0 Å².